The van der Waals surface area contributed by atoms with Crippen LogP contribution < -0.4 is 0 Å². The number of thiophene rings is 1. The van der Waals surface area contributed by atoms with E-state index >= 15 is 0 Å². The molecular formula is C14H20N2OS. The first kappa shape index (κ1) is 14.7. The number of nitrogens with zero attached hydrogens (tertiary/aromatic N) is 2. The molecule has 0 aromatic carbocycles. The standard InChI is InChI=1S/C14H20N2OS/c1-10(2)12(9-15)14(17)16(4)7-5-13-11(3)6-8-18-13/h6,8,10,12H,5,7H2,1-4H3. The van der Waals surface area contributed by atoms with Gasteiger partial charge in [-0.2, -0.15) is 5.26 Å². The van der Waals surface area contributed by atoms with Gasteiger partial charge in [-0.3, -0.25) is 4.79 Å². The van der Waals surface area contributed by atoms with Gasteiger partial charge in [0.15, 0.2) is 0 Å². The molecule has 1 rings (SSSR count). The minimum absolute atomic E-state index is 0.0634. The highest BCUT2D eigenvalue weighted by atomic mass is 32.1. The average Bonchev–Trinajstić information content (AvgIpc) is 2.72. The third-order valence-corrected chi connectivity index (χ3v) is 4.17. The SMILES string of the molecule is Cc1ccsc1CCN(C)C(=O)C(C#N)C(C)C. The summed E-state index contributed by atoms with van der Waals surface area (Å²) < 4.78 is 0. The zero-order chi connectivity index (χ0) is 13.7. The van der Waals surface area contributed by atoms with Crippen molar-refractivity contribution < 1.29 is 4.79 Å². The molecular weight excluding hydrogens is 244 g/mol. The molecule has 0 spiro atoms. The van der Waals surface area contributed by atoms with E-state index in [9.17, 15) is 4.79 Å². The lowest BCUT2D eigenvalue weighted by atomic mass is 9.96. The Labute approximate surface area is 113 Å². The van der Waals surface area contributed by atoms with E-state index in [1.54, 1.807) is 23.3 Å². The number of carbonyl (C=O) groups is 1. The summed E-state index contributed by atoms with van der Waals surface area (Å²) >= 11 is 1.72. The smallest absolute Gasteiger partial charge is 0.239 e. The van der Waals surface area contributed by atoms with Crippen LogP contribution >= 0.6 is 11.3 Å². The van der Waals surface area contributed by atoms with E-state index in [0.717, 1.165) is 6.42 Å². The van der Waals surface area contributed by atoms with Crippen LogP contribution in [0.1, 0.15) is 24.3 Å². The largest absolute Gasteiger partial charge is 0.344 e. The number of amides is 1. The number of nitriles is 1. The van der Waals surface area contributed by atoms with Gasteiger partial charge in [0.05, 0.1) is 6.07 Å². The molecule has 0 aliphatic heterocycles. The Kier molecular flexibility index (Phi) is 5.36. The molecule has 0 N–H and O–H groups in total. The molecule has 0 aliphatic rings. The van der Waals surface area contributed by atoms with Gasteiger partial charge in [-0.1, -0.05) is 13.8 Å². The van der Waals surface area contributed by atoms with Crippen LogP contribution in [0.25, 0.3) is 0 Å². The number of hydrogen-bond donors (Lipinski definition) is 0. The van der Waals surface area contributed by atoms with Gasteiger partial charge in [0, 0.05) is 18.5 Å². The van der Waals surface area contributed by atoms with E-state index in [1.807, 2.05) is 13.8 Å². The molecule has 3 nitrogen and oxygen atoms in total. The molecule has 1 aromatic heterocycles. The molecule has 0 saturated heterocycles. The van der Waals surface area contributed by atoms with Crippen molar-refractivity contribution in [2.24, 2.45) is 11.8 Å². The van der Waals surface area contributed by atoms with Crippen LogP contribution in [-0.4, -0.2) is 24.4 Å². The second-order valence-electron chi connectivity index (χ2n) is 4.89. The molecule has 0 saturated carbocycles. The fourth-order valence-electron chi connectivity index (χ4n) is 1.77. The van der Waals surface area contributed by atoms with E-state index in [0.29, 0.717) is 6.54 Å². The van der Waals surface area contributed by atoms with Crippen LogP contribution in [0.4, 0.5) is 0 Å². The van der Waals surface area contributed by atoms with Gasteiger partial charge < -0.3 is 4.90 Å². The topological polar surface area (TPSA) is 44.1 Å². The Morgan fingerprint density at radius 1 is 1.56 bits per heavy atom. The van der Waals surface area contributed by atoms with Gasteiger partial charge in [0.2, 0.25) is 5.91 Å². The van der Waals surface area contributed by atoms with E-state index < -0.39 is 5.92 Å². The zero-order valence-electron chi connectivity index (χ0n) is 11.4. The normalized spacial score (nSPS) is 12.2. The first-order valence-corrected chi connectivity index (χ1v) is 7.03. The third kappa shape index (κ3) is 3.58. The highest BCUT2D eigenvalue weighted by Gasteiger charge is 2.24. The summed E-state index contributed by atoms with van der Waals surface area (Å²) in [5.41, 5.74) is 1.28. The quantitative estimate of drug-likeness (QED) is 0.821. The molecule has 0 radical (unpaired) electrons. The molecule has 0 bridgehead atoms. The van der Waals surface area contributed by atoms with Crippen molar-refractivity contribution in [3.8, 4) is 6.07 Å². The predicted molar refractivity (Wildman–Crippen MR) is 74.3 cm³/mol. The Bertz CT molecular complexity index is 445. The van der Waals surface area contributed by atoms with Crippen molar-refractivity contribution in [1.29, 1.82) is 5.26 Å². The summed E-state index contributed by atoms with van der Waals surface area (Å²) in [6.07, 6.45) is 0.863. The minimum Gasteiger partial charge on any atom is -0.344 e. The van der Waals surface area contributed by atoms with Gasteiger partial charge in [-0.05, 0) is 36.3 Å². The Morgan fingerprint density at radius 3 is 2.67 bits per heavy atom. The molecule has 1 aromatic rings. The second kappa shape index (κ2) is 6.55. The fraction of sp³-hybridized carbons (Fsp3) is 0.571. The van der Waals surface area contributed by atoms with Crippen LogP contribution in [0, 0.1) is 30.1 Å². The number of likely N-dealkylation sites (N-methyl/N-ethyl adjacent to an activating group) is 1. The molecule has 0 fully saturated rings. The lowest BCUT2D eigenvalue weighted by molar-refractivity contribution is -0.133. The maximum atomic E-state index is 12.1. The highest BCUT2D eigenvalue weighted by molar-refractivity contribution is 7.10. The number of aryl methyl sites for hydroxylation is 1. The van der Waals surface area contributed by atoms with Crippen molar-refractivity contribution in [1.82, 2.24) is 4.90 Å². The lowest BCUT2D eigenvalue weighted by Crippen LogP contribution is -2.36. The zero-order valence-corrected chi connectivity index (χ0v) is 12.3. The molecule has 1 atom stereocenters. The fourth-order valence-corrected chi connectivity index (χ4v) is 2.67. The van der Waals surface area contributed by atoms with Gasteiger partial charge >= 0.3 is 0 Å². The van der Waals surface area contributed by atoms with Crippen LogP contribution in [0.15, 0.2) is 11.4 Å². The molecule has 4 heteroatoms. The maximum Gasteiger partial charge on any atom is 0.239 e. The van der Waals surface area contributed by atoms with Crippen molar-refractivity contribution in [3.05, 3.63) is 21.9 Å². The Balaban J connectivity index is 2.56. The molecule has 1 amide bonds. The third-order valence-electron chi connectivity index (χ3n) is 3.09. The summed E-state index contributed by atoms with van der Waals surface area (Å²) in [7, 11) is 1.78. The van der Waals surface area contributed by atoms with E-state index in [-0.39, 0.29) is 11.8 Å². The van der Waals surface area contributed by atoms with Crippen LogP contribution in [0.2, 0.25) is 0 Å². The van der Waals surface area contributed by atoms with Crippen molar-refractivity contribution in [2.75, 3.05) is 13.6 Å². The monoisotopic (exact) mass is 264 g/mol. The second-order valence-corrected chi connectivity index (χ2v) is 5.89. The summed E-state index contributed by atoms with van der Waals surface area (Å²) in [6, 6.07) is 4.19. The number of hydrogen-bond acceptors (Lipinski definition) is 3. The summed E-state index contributed by atoms with van der Waals surface area (Å²) in [5, 5.41) is 11.1. The molecule has 1 heterocycles. The average molecular weight is 264 g/mol. The lowest BCUT2D eigenvalue weighted by Gasteiger charge is -2.21. The predicted octanol–water partition coefficient (Wildman–Crippen LogP) is 2.85. The van der Waals surface area contributed by atoms with Gasteiger partial charge in [-0.15, -0.1) is 11.3 Å². The van der Waals surface area contributed by atoms with E-state index in [4.69, 9.17) is 5.26 Å². The maximum absolute atomic E-state index is 12.1. The molecule has 18 heavy (non-hydrogen) atoms. The molecule has 98 valence electrons. The molecule has 1 unspecified atom stereocenters. The summed E-state index contributed by atoms with van der Waals surface area (Å²) in [4.78, 5) is 15.1. The van der Waals surface area contributed by atoms with Crippen molar-refractivity contribution in [2.45, 2.75) is 27.2 Å². The molecule has 0 aliphatic carbocycles. The number of carbonyl (C=O) groups excluding carboxylic acids is 1. The van der Waals surface area contributed by atoms with Crippen molar-refractivity contribution >= 4 is 17.2 Å². The number of rotatable bonds is 5. The van der Waals surface area contributed by atoms with Crippen molar-refractivity contribution in [3.63, 3.8) is 0 Å². The Hall–Kier alpha value is -1.34. The summed E-state index contributed by atoms with van der Waals surface area (Å²) in [5.74, 6) is -0.533. The summed E-state index contributed by atoms with van der Waals surface area (Å²) in [6.45, 7) is 6.57. The first-order chi connectivity index (χ1) is 8.47. The van der Waals surface area contributed by atoms with Crippen LogP contribution in [-0.2, 0) is 11.2 Å². The first-order valence-electron chi connectivity index (χ1n) is 6.15. The van der Waals surface area contributed by atoms with Crippen LogP contribution in [0.5, 0.6) is 0 Å². The van der Waals surface area contributed by atoms with Gasteiger partial charge in [0.25, 0.3) is 0 Å². The van der Waals surface area contributed by atoms with Gasteiger partial charge in [-0.25, -0.2) is 0 Å². The van der Waals surface area contributed by atoms with Gasteiger partial charge in [0.1, 0.15) is 5.92 Å². The van der Waals surface area contributed by atoms with E-state index in [2.05, 4.69) is 24.4 Å². The Morgan fingerprint density at radius 2 is 2.22 bits per heavy atom. The van der Waals surface area contributed by atoms with Crippen LogP contribution in [0.3, 0.4) is 0 Å². The minimum atomic E-state index is -0.528. The van der Waals surface area contributed by atoms with E-state index in [1.165, 1.54) is 10.4 Å². The highest BCUT2D eigenvalue weighted by Crippen LogP contribution is 2.17.